The van der Waals surface area contributed by atoms with E-state index in [1.165, 1.54) is 11.8 Å². The molecule has 3 rings (SSSR count). The van der Waals surface area contributed by atoms with Crippen molar-refractivity contribution >= 4 is 34.6 Å². The van der Waals surface area contributed by atoms with Crippen LogP contribution in [0.1, 0.15) is 23.6 Å². The number of thioether (sulfide) groups is 1. The van der Waals surface area contributed by atoms with E-state index < -0.39 is 0 Å². The van der Waals surface area contributed by atoms with Crippen molar-refractivity contribution in [3.05, 3.63) is 82.3 Å². The van der Waals surface area contributed by atoms with Crippen molar-refractivity contribution < 1.29 is 4.79 Å². The summed E-state index contributed by atoms with van der Waals surface area (Å²) in [6.07, 6.45) is 5.79. The molecule has 0 N–H and O–H groups in total. The summed E-state index contributed by atoms with van der Waals surface area (Å²) in [5.41, 5.74) is 4.28. The maximum atomic E-state index is 12.7. The van der Waals surface area contributed by atoms with Gasteiger partial charge in [-0.1, -0.05) is 60.7 Å². The highest BCUT2D eigenvalue weighted by Gasteiger charge is 2.32. The number of hydrogen-bond acceptors (Lipinski definition) is 3. The lowest BCUT2D eigenvalue weighted by Crippen LogP contribution is -2.28. The lowest BCUT2D eigenvalue weighted by Gasteiger charge is -2.13. The monoisotopic (exact) mass is 362 g/mol. The molecule has 3 nitrogen and oxygen atoms in total. The van der Waals surface area contributed by atoms with Gasteiger partial charge in [0.25, 0.3) is 5.91 Å². The largest absolute Gasteiger partial charge is 0.287 e. The number of likely N-dealkylation sites (N-methyl/N-ethyl adjacent to an activating group) is 1. The van der Waals surface area contributed by atoms with Gasteiger partial charge in [0.2, 0.25) is 0 Å². The SMILES string of the molecule is CCN1C(=O)/C(=C\C=C\c2ccccc2)SC1=Nc1c(C)cccc1C. The van der Waals surface area contributed by atoms with E-state index in [4.69, 9.17) is 4.99 Å². The van der Waals surface area contributed by atoms with Crippen molar-refractivity contribution in [3.8, 4) is 0 Å². The Balaban J connectivity index is 1.87. The summed E-state index contributed by atoms with van der Waals surface area (Å²) in [5.74, 6) is 0.0141. The van der Waals surface area contributed by atoms with E-state index in [9.17, 15) is 4.79 Å². The summed E-state index contributed by atoms with van der Waals surface area (Å²) >= 11 is 1.44. The van der Waals surface area contributed by atoms with Gasteiger partial charge in [-0.05, 0) is 55.3 Å². The molecule has 1 fully saturated rings. The Morgan fingerprint density at radius 2 is 1.73 bits per heavy atom. The number of aliphatic imine (C=N–C) groups is 1. The molecule has 2 aromatic rings. The van der Waals surface area contributed by atoms with E-state index in [2.05, 4.69) is 0 Å². The number of carbonyl (C=O) groups is 1. The van der Waals surface area contributed by atoms with Crippen LogP contribution < -0.4 is 0 Å². The van der Waals surface area contributed by atoms with E-state index in [1.807, 2.05) is 87.5 Å². The number of amidine groups is 1. The molecule has 0 aromatic heterocycles. The fourth-order valence-electron chi connectivity index (χ4n) is 2.77. The van der Waals surface area contributed by atoms with Gasteiger partial charge in [0, 0.05) is 6.54 Å². The normalized spacial score (nSPS) is 17.8. The standard InChI is InChI=1S/C22H22N2OS/c1-4-24-21(25)19(15-9-14-18-12-6-5-7-13-18)26-22(24)23-20-16(2)10-8-11-17(20)3/h5-15H,4H2,1-3H3/b14-9+,19-15+,23-22?. The van der Waals surface area contributed by atoms with Crippen molar-refractivity contribution in [3.63, 3.8) is 0 Å². The van der Waals surface area contributed by atoms with E-state index in [1.54, 1.807) is 4.90 Å². The molecule has 0 aliphatic carbocycles. The first-order valence-corrected chi connectivity index (χ1v) is 9.50. The molecule has 132 valence electrons. The van der Waals surface area contributed by atoms with Crippen LogP contribution in [0.2, 0.25) is 0 Å². The van der Waals surface area contributed by atoms with Crippen molar-refractivity contribution in [1.82, 2.24) is 4.90 Å². The fourth-order valence-corrected chi connectivity index (χ4v) is 3.77. The van der Waals surface area contributed by atoms with Crippen LogP contribution in [0.25, 0.3) is 6.08 Å². The summed E-state index contributed by atoms with van der Waals surface area (Å²) in [6.45, 7) is 6.67. The highest BCUT2D eigenvalue weighted by Crippen LogP contribution is 2.34. The Kier molecular flexibility index (Phi) is 5.74. The second-order valence-electron chi connectivity index (χ2n) is 6.09. The summed E-state index contributed by atoms with van der Waals surface area (Å²) in [6, 6.07) is 16.2. The van der Waals surface area contributed by atoms with Crippen LogP contribution in [0.5, 0.6) is 0 Å². The van der Waals surface area contributed by atoms with Crippen molar-refractivity contribution in [2.24, 2.45) is 4.99 Å². The molecule has 1 aliphatic heterocycles. The van der Waals surface area contributed by atoms with E-state index >= 15 is 0 Å². The predicted octanol–water partition coefficient (Wildman–Crippen LogP) is 5.48. The van der Waals surface area contributed by atoms with Gasteiger partial charge in [-0.3, -0.25) is 9.69 Å². The number of amides is 1. The van der Waals surface area contributed by atoms with Gasteiger partial charge in [-0.25, -0.2) is 4.99 Å². The first-order valence-electron chi connectivity index (χ1n) is 8.68. The van der Waals surface area contributed by atoms with Crippen LogP contribution in [0.15, 0.2) is 70.6 Å². The molecule has 1 heterocycles. The second-order valence-corrected chi connectivity index (χ2v) is 7.10. The molecule has 0 saturated carbocycles. The van der Waals surface area contributed by atoms with Crippen molar-refractivity contribution in [2.45, 2.75) is 20.8 Å². The van der Waals surface area contributed by atoms with E-state index in [0.717, 1.165) is 27.5 Å². The quantitative estimate of drug-likeness (QED) is 0.674. The number of nitrogens with zero attached hydrogens (tertiary/aromatic N) is 2. The highest BCUT2D eigenvalue weighted by molar-refractivity contribution is 8.18. The molecule has 26 heavy (non-hydrogen) atoms. The van der Waals surface area contributed by atoms with Gasteiger partial charge < -0.3 is 0 Å². The Morgan fingerprint density at radius 1 is 1.04 bits per heavy atom. The maximum absolute atomic E-state index is 12.7. The predicted molar refractivity (Wildman–Crippen MR) is 112 cm³/mol. The molecule has 1 saturated heterocycles. The number of allylic oxidation sites excluding steroid dienone is 2. The molecular weight excluding hydrogens is 340 g/mol. The highest BCUT2D eigenvalue weighted by atomic mass is 32.2. The van der Waals surface area contributed by atoms with Gasteiger partial charge in [0.1, 0.15) is 0 Å². The number of hydrogen-bond donors (Lipinski definition) is 0. The smallest absolute Gasteiger partial charge is 0.266 e. The minimum Gasteiger partial charge on any atom is -0.287 e. The minimum absolute atomic E-state index is 0.0141. The lowest BCUT2D eigenvalue weighted by atomic mass is 10.1. The second kappa shape index (κ2) is 8.19. The third-order valence-corrected chi connectivity index (χ3v) is 5.21. The Morgan fingerprint density at radius 3 is 2.38 bits per heavy atom. The van der Waals surface area contributed by atoms with Crippen LogP contribution in [-0.2, 0) is 4.79 Å². The number of para-hydroxylation sites is 1. The van der Waals surface area contributed by atoms with Crippen LogP contribution >= 0.6 is 11.8 Å². The number of carbonyl (C=O) groups excluding carboxylic acids is 1. The molecule has 0 atom stereocenters. The molecule has 0 unspecified atom stereocenters. The maximum Gasteiger partial charge on any atom is 0.266 e. The van der Waals surface area contributed by atoms with E-state index in [-0.39, 0.29) is 5.91 Å². The molecule has 4 heteroatoms. The third kappa shape index (κ3) is 3.97. The van der Waals surface area contributed by atoms with Crippen LogP contribution in [-0.4, -0.2) is 22.5 Å². The Labute approximate surface area is 159 Å². The summed E-state index contributed by atoms with van der Waals surface area (Å²) in [5, 5.41) is 0.745. The van der Waals surface area contributed by atoms with Gasteiger partial charge in [-0.2, -0.15) is 0 Å². The summed E-state index contributed by atoms with van der Waals surface area (Å²) < 4.78 is 0. The molecule has 1 aliphatic rings. The van der Waals surface area contributed by atoms with Crippen LogP contribution in [0, 0.1) is 13.8 Å². The van der Waals surface area contributed by atoms with Gasteiger partial charge in [-0.15, -0.1) is 0 Å². The van der Waals surface area contributed by atoms with Crippen LogP contribution in [0.4, 0.5) is 5.69 Å². The molecule has 2 aromatic carbocycles. The number of benzene rings is 2. The van der Waals surface area contributed by atoms with Gasteiger partial charge >= 0.3 is 0 Å². The zero-order valence-electron chi connectivity index (χ0n) is 15.3. The van der Waals surface area contributed by atoms with Crippen LogP contribution in [0.3, 0.4) is 0 Å². The van der Waals surface area contributed by atoms with Gasteiger partial charge in [0.05, 0.1) is 10.6 Å². The molecule has 0 radical (unpaired) electrons. The first kappa shape index (κ1) is 18.2. The summed E-state index contributed by atoms with van der Waals surface area (Å²) in [4.78, 5) is 19.9. The van der Waals surface area contributed by atoms with Crippen molar-refractivity contribution in [2.75, 3.05) is 6.54 Å². The molecular formula is C22H22N2OS. The molecule has 0 bridgehead atoms. The number of aryl methyl sites for hydroxylation is 2. The average Bonchev–Trinajstić information content (AvgIpc) is 2.94. The van der Waals surface area contributed by atoms with Crippen molar-refractivity contribution in [1.29, 1.82) is 0 Å². The first-order chi connectivity index (χ1) is 12.6. The van der Waals surface area contributed by atoms with Gasteiger partial charge in [0.15, 0.2) is 5.17 Å². The number of rotatable bonds is 4. The third-order valence-electron chi connectivity index (χ3n) is 4.19. The topological polar surface area (TPSA) is 32.7 Å². The average molecular weight is 362 g/mol. The summed E-state index contributed by atoms with van der Waals surface area (Å²) in [7, 11) is 0. The molecule has 1 amide bonds. The Hall–Kier alpha value is -2.59. The zero-order valence-corrected chi connectivity index (χ0v) is 16.1. The Bertz CT molecular complexity index is 877. The fraction of sp³-hybridized carbons (Fsp3) is 0.182. The molecule has 0 spiro atoms. The minimum atomic E-state index is 0.0141. The lowest BCUT2D eigenvalue weighted by molar-refractivity contribution is -0.122. The zero-order chi connectivity index (χ0) is 18.5. The van der Waals surface area contributed by atoms with E-state index in [0.29, 0.717) is 11.4 Å².